The van der Waals surface area contributed by atoms with E-state index in [9.17, 15) is 14.7 Å². The molecule has 2 heterocycles. The SMILES string of the molecule is O=C1OCCC(O)COC(=O)c2ccc1cc2. The van der Waals surface area contributed by atoms with Gasteiger partial charge in [0.15, 0.2) is 0 Å². The zero-order chi connectivity index (χ0) is 12.3. The molecule has 2 aliphatic rings. The molecule has 0 radical (unpaired) electrons. The molecule has 3 rings (SSSR count). The van der Waals surface area contributed by atoms with Crippen molar-refractivity contribution in [3.8, 4) is 0 Å². The number of aliphatic hydroxyl groups excluding tert-OH is 1. The van der Waals surface area contributed by atoms with Crippen LogP contribution in [0.5, 0.6) is 0 Å². The van der Waals surface area contributed by atoms with E-state index in [1.807, 2.05) is 0 Å². The number of hydrogen-bond donors (Lipinski definition) is 1. The first-order chi connectivity index (χ1) is 8.16. The summed E-state index contributed by atoms with van der Waals surface area (Å²) in [5, 5.41) is 9.45. The maximum absolute atomic E-state index is 11.5. The standard InChI is InChI=1S/C12H12O5/c13-10-5-6-16-11(14)8-1-3-9(4-2-8)12(15)17-7-10/h1-4,10,13H,5-7H2. The van der Waals surface area contributed by atoms with Crippen LogP contribution in [0.2, 0.25) is 0 Å². The smallest absolute Gasteiger partial charge is 0.338 e. The van der Waals surface area contributed by atoms with Crippen LogP contribution in [0.25, 0.3) is 0 Å². The van der Waals surface area contributed by atoms with Crippen LogP contribution in [0.15, 0.2) is 24.3 Å². The number of rotatable bonds is 0. The van der Waals surface area contributed by atoms with Crippen LogP contribution in [0, 0.1) is 0 Å². The molecular formula is C12H12O5. The molecule has 5 nitrogen and oxygen atoms in total. The number of benzene rings is 1. The second-order valence-electron chi connectivity index (χ2n) is 3.75. The predicted molar refractivity (Wildman–Crippen MR) is 57.6 cm³/mol. The highest BCUT2D eigenvalue weighted by Crippen LogP contribution is 2.10. The molecule has 0 amide bonds. The van der Waals surface area contributed by atoms with Gasteiger partial charge in [0.2, 0.25) is 0 Å². The van der Waals surface area contributed by atoms with Crippen LogP contribution in [0.1, 0.15) is 27.1 Å². The van der Waals surface area contributed by atoms with E-state index in [1.165, 1.54) is 24.3 Å². The second kappa shape index (κ2) is 4.97. The van der Waals surface area contributed by atoms with E-state index in [0.29, 0.717) is 11.1 Å². The summed E-state index contributed by atoms with van der Waals surface area (Å²) in [7, 11) is 0. The van der Waals surface area contributed by atoms with Gasteiger partial charge in [0, 0.05) is 6.42 Å². The Kier molecular flexibility index (Phi) is 3.39. The van der Waals surface area contributed by atoms with Crippen molar-refractivity contribution >= 4 is 11.9 Å². The van der Waals surface area contributed by atoms with Crippen molar-refractivity contribution in [2.45, 2.75) is 12.5 Å². The molecule has 1 N–H and O–H groups in total. The van der Waals surface area contributed by atoms with Crippen LogP contribution in [-0.4, -0.2) is 36.4 Å². The largest absolute Gasteiger partial charge is 0.462 e. The van der Waals surface area contributed by atoms with Crippen molar-refractivity contribution in [1.29, 1.82) is 0 Å². The first-order valence-corrected chi connectivity index (χ1v) is 5.29. The number of esters is 2. The quantitative estimate of drug-likeness (QED) is 0.673. The minimum absolute atomic E-state index is 0.0965. The fraction of sp³-hybridized carbons (Fsp3) is 0.333. The Morgan fingerprint density at radius 1 is 1.00 bits per heavy atom. The van der Waals surface area contributed by atoms with Crippen LogP contribution < -0.4 is 0 Å². The summed E-state index contributed by atoms with van der Waals surface area (Å²) < 4.78 is 9.86. The topological polar surface area (TPSA) is 72.8 Å². The minimum atomic E-state index is -0.816. The number of hydrogen-bond acceptors (Lipinski definition) is 5. The molecule has 17 heavy (non-hydrogen) atoms. The van der Waals surface area contributed by atoms with Gasteiger partial charge < -0.3 is 14.6 Å². The molecule has 0 saturated heterocycles. The summed E-state index contributed by atoms with van der Waals surface area (Å²) in [5.74, 6) is -0.970. The Morgan fingerprint density at radius 3 is 2.12 bits per heavy atom. The molecule has 0 fully saturated rings. The van der Waals surface area contributed by atoms with Crippen LogP contribution >= 0.6 is 0 Å². The molecule has 0 aliphatic carbocycles. The molecule has 2 aliphatic heterocycles. The van der Waals surface area contributed by atoms with Gasteiger partial charge in [0.05, 0.1) is 23.8 Å². The Labute approximate surface area is 98.0 Å². The summed E-state index contributed by atoms with van der Waals surface area (Å²) in [4.78, 5) is 23.0. The molecule has 90 valence electrons. The third-order valence-corrected chi connectivity index (χ3v) is 2.45. The van der Waals surface area contributed by atoms with Gasteiger partial charge in [-0.1, -0.05) is 0 Å². The van der Waals surface area contributed by atoms with E-state index >= 15 is 0 Å². The van der Waals surface area contributed by atoms with Gasteiger partial charge in [0.25, 0.3) is 0 Å². The van der Waals surface area contributed by atoms with Crippen molar-refractivity contribution in [3.63, 3.8) is 0 Å². The number of fused-ring (bicyclic) bond motifs is 9. The molecule has 1 atom stereocenters. The molecular weight excluding hydrogens is 224 g/mol. The average molecular weight is 236 g/mol. The summed E-state index contributed by atoms with van der Waals surface area (Å²) in [6, 6.07) is 6.01. The van der Waals surface area contributed by atoms with Gasteiger partial charge in [0.1, 0.15) is 6.61 Å². The fourth-order valence-corrected chi connectivity index (χ4v) is 1.45. The van der Waals surface area contributed by atoms with Gasteiger partial charge >= 0.3 is 11.9 Å². The van der Waals surface area contributed by atoms with E-state index in [2.05, 4.69) is 0 Å². The molecule has 0 saturated carbocycles. The maximum atomic E-state index is 11.5. The lowest BCUT2D eigenvalue weighted by atomic mass is 10.1. The molecule has 0 spiro atoms. The summed E-state index contributed by atoms with van der Waals surface area (Å²) in [5.41, 5.74) is 0.714. The number of carbonyl (C=O) groups excluding carboxylic acids is 2. The van der Waals surface area contributed by atoms with Crippen LogP contribution in [-0.2, 0) is 9.47 Å². The highest BCUT2D eigenvalue weighted by atomic mass is 16.5. The molecule has 5 heteroatoms. The second-order valence-corrected chi connectivity index (χ2v) is 3.75. The summed E-state index contributed by atoms with van der Waals surface area (Å²) in [6.07, 6.45) is -0.571. The van der Waals surface area contributed by atoms with Gasteiger partial charge in [-0.05, 0) is 24.3 Å². The highest BCUT2D eigenvalue weighted by molar-refractivity contribution is 5.93. The van der Waals surface area contributed by atoms with Crippen molar-refractivity contribution in [3.05, 3.63) is 35.4 Å². The summed E-state index contributed by atoms with van der Waals surface area (Å²) in [6.45, 7) is -0.00254. The van der Waals surface area contributed by atoms with E-state index in [0.717, 1.165) is 0 Å². The number of aliphatic hydroxyl groups is 1. The zero-order valence-corrected chi connectivity index (χ0v) is 9.09. The minimum Gasteiger partial charge on any atom is -0.462 e. The third-order valence-electron chi connectivity index (χ3n) is 2.45. The third kappa shape index (κ3) is 2.82. The average Bonchev–Trinajstić information content (AvgIpc) is 2.35. The molecule has 0 aromatic heterocycles. The van der Waals surface area contributed by atoms with Crippen molar-refractivity contribution in [1.82, 2.24) is 0 Å². The normalized spacial score (nSPS) is 21.1. The van der Waals surface area contributed by atoms with E-state index in [1.54, 1.807) is 0 Å². The Hall–Kier alpha value is -1.88. The van der Waals surface area contributed by atoms with Gasteiger partial charge in [-0.3, -0.25) is 0 Å². The number of ether oxygens (including phenoxy) is 2. The van der Waals surface area contributed by atoms with E-state index < -0.39 is 18.0 Å². The molecule has 1 unspecified atom stereocenters. The van der Waals surface area contributed by atoms with Crippen molar-refractivity contribution in [2.24, 2.45) is 0 Å². The first kappa shape index (κ1) is 11.6. The first-order valence-electron chi connectivity index (χ1n) is 5.29. The lowest BCUT2D eigenvalue weighted by molar-refractivity contribution is 0.0132. The van der Waals surface area contributed by atoms with Gasteiger partial charge in [-0.2, -0.15) is 0 Å². The molecule has 1 aromatic rings. The molecule has 1 aromatic carbocycles. The Morgan fingerprint density at radius 2 is 1.53 bits per heavy atom. The lowest BCUT2D eigenvalue weighted by Gasteiger charge is -2.13. The van der Waals surface area contributed by atoms with E-state index in [4.69, 9.17) is 9.47 Å². The van der Waals surface area contributed by atoms with Crippen LogP contribution in [0.4, 0.5) is 0 Å². The Balaban J connectivity index is 2.24. The molecule has 2 bridgehead atoms. The lowest BCUT2D eigenvalue weighted by Crippen LogP contribution is -2.22. The zero-order valence-electron chi connectivity index (χ0n) is 9.09. The monoisotopic (exact) mass is 236 g/mol. The highest BCUT2D eigenvalue weighted by Gasteiger charge is 2.15. The summed E-state index contributed by atoms with van der Waals surface area (Å²) >= 11 is 0. The van der Waals surface area contributed by atoms with Crippen LogP contribution in [0.3, 0.4) is 0 Å². The van der Waals surface area contributed by atoms with Gasteiger partial charge in [-0.25, -0.2) is 9.59 Å². The van der Waals surface area contributed by atoms with Gasteiger partial charge in [-0.15, -0.1) is 0 Å². The maximum Gasteiger partial charge on any atom is 0.338 e. The predicted octanol–water partition coefficient (Wildman–Crippen LogP) is 0.765. The van der Waals surface area contributed by atoms with E-state index in [-0.39, 0.29) is 19.6 Å². The Bertz CT molecular complexity index is 423. The fourth-order valence-electron chi connectivity index (χ4n) is 1.45. The number of carbonyl (C=O) groups is 2. The van der Waals surface area contributed by atoms with Crippen molar-refractivity contribution < 1.29 is 24.2 Å². The van der Waals surface area contributed by atoms with Crippen molar-refractivity contribution in [2.75, 3.05) is 13.2 Å².